The number of pyridine rings is 1. The van der Waals surface area contributed by atoms with Crippen molar-refractivity contribution in [2.45, 2.75) is 25.5 Å². The Kier molecular flexibility index (Phi) is 4.48. The summed E-state index contributed by atoms with van der Waals surface area (Å²) < 4.78 is 5.75. The zero-order valence-electron chi connectivity index (χ0n) is 10.4. The highest BCUT2D eigenvalue weighted by molar-refractivity contribution is 5.06. The molecule has 1 saturated heterocycles. The molecular weight excluding hydrogens is 214 g/mol. The van der Waals surface area contributed by atoms with E-state index in [0.717, 1.165) is 38.4 Å². The molecule has 1 aliphatic heterocycles. The van der Waals surface area contributed by atoms with E-state index >= 15 is 0 Å². The molecule has 0 saturated carbocycles. The second-order valence-corrected chi connectivity index (χ2v) is 4.49. The lowest BCUT2D eigenvalue weighted by Gasteiger charge is -2.35. The number of morpholine rings is 1. The number of nitrogens with zero attached hydrogens (tertiary/aromatic N) is 2. The Bertz CT molecular complexity index is 331. The minimum absolute atomic E-state index is 0.0271. The molecule has 0 radical (unpaired) electrons. The Hall–Kier alpha value is -0.970. The van der Waals surface area contributed by atoms with Crippen molar-refractivity contribution in [1.29, 1.82) is 0 Å². The van der Waals surface area contributed by atoms with Crippen molar-refractivity contribution in [2.24, 2.45) is 5.73 Å². The molecule has 1 aromatic rings. The van der Waals surface area contributed by atoms with E-state index in [-0.39, 0.29) is 12.1 Å². The van der Waals surface area contributed by atoms with Crippen LogP contribution in [0.5, 0.6) is 0 Å². The summed E-state index contributed by atoms with van der Waals surface area (Å²) in [6, 6.07) is 5.96. The summed E-state index contributed by atoms with van der Waals surface area (Å²) in [7, 11) is 0. The van der Waals surface area contributed by atoms with Gasteiger partial charge in [-0.1, -0.05) is 13.0 Å². The van der Waals surface area contributed by atoms with Gasteiger partial charge in [-0.05, 0) is 18.7 Å². The van der Waals surface area contributed by atoms with Gasteiger partial charge in [0.05, 0.1) is 12.7 Å². The first kappa shape index (κ1) is 12.5. The minimum atomic E-state index is 0.0271. The average Bonchev–Trinajstić information content (AvgIpc) is 2.40. The van der Waals surface area contributed by atoms with Crippen LogP contribution in [0.2, 0.25) is 0 Å². The molecule has 0 spiro atoms. The largest absolute Gasteiger partial charge is 0.374 e. The van der Waals surface area contributed by atoms with Gasteiger partial charge in [0, 0.05) is 37.4 Å². The Morgan fingerprint density at radius 2 is 2.47 bits per heavy atom. The molecule has 1 aliphatic rings. The maximum Gasteiger partial charge on any atom is 0.0856 e. The molecule has 2 unspecified atom stereocenters. The number of rotatable bonds is 4. The predicted octanol–water partition coefficient (Wildman–Crippen LogP) is 0.672. The highest BCUT2D eigenvalue weighted by Gasteiger charge is 2.25. The number of ether oxygens (including phenoxy) is 1. The summed E-state index contributed by atoms with van der Waals surface area (Å²) in [5, 5.41) is 0. The van der Waals surface area contributed by atoms with Gasteiger partial charge >= 0.3 is 0 Å². The third-order valence-electron chi connectivity index (χ3n) is 3.27. The number of hydrogen-bond donors (Lipinski definition) is 1. The number of hydrogen-bond acceptors (Lipinski definition) is 4. The van der Waals surface area contributed by atoms with Gasteiger partial charge in [-0.3, -0.25) is 9.88 Å². The zero-order chi connectivity index (χ0) is 12.1. The van der Waals surface area contributed by atoms with Crippen LogP contribution in [-0.4, -0.2) is 48.3 Å². The molecule has 2 atom stereocenters. The van der Waals surface area contributed by atoms with E-state index in [9.17, 15) is 0 Å². The lowest BCUT2D eigenvalue weighted by Crippen LogP contribution is -2.51. The first-order valence-electron chi connectivity index (χ1n) is 6.29. The maximum absolute atomic E-state index is 6.21. The van der Waals surface area contributed by atoms with Gasteiger partial charge in [0.25, 0.3) is 0 Å². The SMILES string of the molecule is CCN1CCOC(C(N)Cc2ccccn2)C1. The monoisotopic (exact) mass is 235 g/mol. The van der Waals surface area contributed by atoms with Crippen molar-refractivity contribution >= 4 is 0 Å². The van der Waals surface area contributed by atoms with E-state index < -0.39 is 0 Å². The van der Waals surface area contributed by atoms with Crippen molar-refractivity contribution < 1.29 is 4.74 Å². The van der Waals surface area contributed by atoms with Crippen LogP contribution >= 0.6 is 0 Å². The highest BCUT2D eigenvalue weighted by Crippen LogP contribution is 2.10. The van der Waals surface area contributed by atoms with Gasteiger partial charge in [0.1, 0.15) is 0 Å². The molecule has 1 aromatic heterocycles. The minimum Gasteiger partial charge on any atom is -0.374 e. The molecule has 2 rings (SSSR count). The zero-order valence-corrected chi connectivity index (χ0v) is 10.4. The predicted molar refractivity (Wildman–Crippen MR) is 67.8 cm³/mol. The molecule has 4 heteroatoms. The Morgan fingerprint density at radius 3 is 3.18 bits per heavy atom. The topological polar surface area (TPSA) is 51.4 Å². The molecule has 2 N–H and O–H groups in total. The van der Waals surface area contributed by atoms with Gasteiger partial charge in [0.15, 0.2) is 0 Å². The summed E-state index contributed by atoms with van der Waals surface area (Å²) in [4.78, 5) is 6.68. The van der Waals surface area contributed by atoms with Gasteiger partial charge in [0.2, 0.25) is 0 Å². The van der Waals surface area contributed by atoms with E-state index in [1.807, 2.05) is 24.4 Å². The lowest BCUT2D eigenvalue weighted by molar-refractivity contribution is -0.0386. The smallest absolute Gasteiger partial charge is 0.0856 e. The lowest BCUT2D eigenvalue weighted by atomic mass is 10.0. The van der Waals surface area contributed by atoms with Gasteiger partial charge in [-0.25, -0.2) is 0 Å². The fourth-order valence-corrected chi connectivity index (χ4v) is 2.17. The van der Waals surface area contributed by atoms with Gasteiger partial charge in [-0.2, -0.15) is 0 Å². The number of nitrogens with two attached hydrogens (primary N) is 1. The number of likely N-dealkylation sites (N-methyl/N-ethyl adjacent to an activating group) is 1. The Morgan fingerprint density at radius 1 is 1.59 bits per heavy atom. The van der Waals surface area contributed by atoms with E-state index in [2.05, 4.69) is 16.8 Å². The molecular formula is C13H21N3O. The van der Waals surface area contributed by atoms with Crippen molar-refractivity contribution in [2.75, 3.05) is 26.2 Å². The number of aromatic nitrogens is 1. The van der Waals surface area contributed by atoms with E-state index in [0.29, 0.717) is 0 Å². The molecule has 0 aromatic carbocycles. The molecule has 4 nitrogen and oxygen atoms in total. The molecule has 94 valence electrons. The van der Waals surface area contributed by atoms with Crippen molar-refractivity contribution in [3.63, 3.8) is 0 Å². The second-order valence-electron chi connectivity index (χ2n) is 4.49. The normalized spacial score (nSPS) is 23.5. The third-order valence-corrected chi connectivity index (χ3v) is 3.27. The van der Waals surface area contributed by atoms with Crippen molar-refractivity contribution in [3.8, 4) is 0 Å². The summed E-state index contributed by atoms with van der Waals surface area (Å²) >= 11 is 0. The van der Waals surface area contributed by atoms with Gasteiger partial charge < -0.3 is 10.5 Å². The first-order valence-corrected chi connectivity index (χ1v) is 6.29. The van der Waals surface area contributed by atoms with Crippen LogP contribution in [0.1, 0.15) is 12.6 Å². The van der Waals surface area contributed by atoms with Crippen molar-refractivity contribution in [1.82, 2.24) is 9.88 Å². The molecule has 1 fully saturated rings. The molecule has 0 aliphatic carbocycles. The molecule has 2 heterocycles. The summed E-state index contributed by atoms with van der Waals surface area (Å²) in [5.74, 6) is 0. The average molecular weight is 235 g/mol. The van der Waals surface area contributed by atoms with Crippen LogP contribution in [0.15, 0.2) is 24.4 Å². The van der Waals surface area contributed by atoms with Crippen molar-refractivity contribution in [3.05, 3.63) is 30.1 Å². The molecule has 0 amide bonds. The van der Waals surface area contributed by atoms with Crippen LogP contribution in [-0.2, 0) is 11.2 Å². The van der Waals surface area contributed by atoms with Crippen LogP contribution in [0.25, 0.3) is 0 Å². The fraction of sp³-hybridized carbons (Fsp3) is 0.615. The van der Waals surface area contributed by atoms with Crippen LogP contribution in [0, 0.1) is 0 Å². The molecule has 0 bridgehead atoms. The van der Waals surface area contributed by atoms with Gasteiger partial charge in [-0.15, -0.1) is 0 Å². The maximum atomic E-state index is 6.21. The Balaban J connectivity index is 1.89. The third kappa shape index (κ3) is 3.49. The van der Waals surface area contributed by atoms with E-state index in [4.69, 9.17) is 10.5 Å². The van der Waals surface area contributed by atoms with Crippen LogP contribution < -0.4 is 5.73 Å². The summed E-state index contributed by atoms with van der Waals surface area (Å²) in [5.41, 5.74) is 7.24. The van der Waals surface area contributed by atoms with E-state index in [1.54, 1.807) is 0 Å². The summed E-state index contributed by atoms with van der Waals surface area (Å²) in [6.07, 6.45) is 2.72. The fourth-order valence-electron chi connectivity index (χ4n) is 2.17. The first-order chi connectivity index (χ1) is 8.29. The second kappa shape index (κ2) is 6.10. The quantitative estimate of drug-likeness (QED) is 0.833. The van der Waals surface area contributed by atoms with Crippen LogP contribution in [0.3, 0.4) is 0 Å². The Labute approximate surface area is 103 Å². The highest BCUT2D eigenvalue weighted by atomic mass is 16.5. The van der Waals surface area contributed by atoms with E-state index in [1.165, 1.54) is 0 Å². The molecule has 17 heavy (non-hydrogen) atoms. The summed E-state index contributed by atoms with van der Waals surface area (Å²) in [6.45, 7) is 5.98. The van der Waals surface area contributed by atoms with Crippen LogP contribution in [0.4, 0.5) is 0 Å². The standard InChI is InChI=1S/C13H21N3O/c1-2-16-7-8-17-13(10-16)12(14)9-11-5-3-4-6-15-11/h3-6,12-13H,2,7-10,14H2,1H3.